The Hall–Kier alpha value is -0.990. The van der Waals surface area contributed by atoms with Crippen molar-refractivity contribution in [1.82, 2.24) is 4.98 Å². The molecule has 0 saturated heterocycles. The van der Waals surface area contributed by atoms with Crippen LogP contribution in [-0.2, 0) is 22.2 Å². The molecule has 0 unspecified atom stereocenters. The van der Waals surface area contributed by atoms with Crippen LogP contribution in [0.3, 0.4) is 0 Å². The Labute approximate surface area is 104 Å². The Morgan fingerprint density at radius 1 is 1.53 bits per heavy atom. The highest BCUT2D eigenvalue weighted by molar-refractivity contribution is 7.88. The number of carboxylic acid groups (broad SMARTS) is 1. The maximum atomic E-state index is 11.0. The van der Waals surface area contributed by atoms with E-state index in [4.69, 9.17) is 10.2 Å². The standard InChI is InChI=1S/C9H14N2O4S2/c1-5(2)3-6-8(9(12)13)16-7(11-6)4-17(10,14)15/h5H,3-4H2,1-2H3,(H,12,13)(H2,10,14,15). The third-order valence-electron chi connectivity index (χ3n) is 1.86. The van der Waals surface area contributed by atoms with Crippen LogP contribution in [0.1, 0.15) is 34.2 Å². The van der Waals surface area contributed by atoms with Crippen molar-refractivity contribution in [2.45, 2.75) is 26.0 Å². The molecule has 8 heteroatoms. The Bertz CT molecular complexity index is 519. The maximum absolute atomic E-state index is 11.0. The van der Waals surface area contributed by atoms with E-state index in [0.717, 1.165) is 11.3 Å². The highest BCUT2D eigenvalue weighted by Crippen LogP contribution is 2.22. The van der Waals surface area contributed by atoms with Gasteiger partial charge in [-0.3, -0.25) is 0 Å². The second kappa shape index (κ2) is 5.11. The van der Waals surface area contributed by atoms with E-state index in [-0.39, 0.29) is 15.8 Å². The number of hydrogen-bond acceptors (Lipinski definition) is 5. The summed E-state index contributed by atoms with van der Waals surface area (Å²) >= 11 is 0.867. The first-order chi connectivity index (χ1) is 7.69. The number of aromatic nitrogens is 1. The van der Waals surface area contributed by atoms with E-state index in [1.54, 1.807) is 0 Å². The predicted molar refractivity (Wildman–Crippen MR) is 64.4 cm³/mol. The third kappa shape index (κ3) is 4.41. The summed E-state index contributed by atoms with van der Waals surface area (Å²) in [5.74, 6) is -1.26. The van der Waals surface area contributed by atoms with Crippen molar-refractivity contribution >= 4 is 27.3 Å². The molecule has 0 aliphatic rings. The summed E-state index contributed by atoms with van der Waals surface area (Å²) in [5.41, 5.74) is 0.427. The number of hydrogen-bond donors (Lipinski definition) is 2. The molecule has 1 rings (SSSR count). The van der Waals surface area contributed by atoms with E-state index in [1.165, 1.54) is 0 Å². The number of rotatable bonds is 5. The van der Waals surface area contributed by atoms with Crippen LogP contribution in [0.2, 0.25) is 0 Å². The zero-order chi connectivity index (χ0) is 13.2. The zero-order valence-corrected chi connectivity index (χ0v) is 11.1. The molecule has 6 nitrogen and oxygen atoms in total. The first-order valence-electron chi connectivity index (χ1n) is 4.91. The average Bonchev–Trinajstić information content (AvgIpc) is 2.43. The molecule has 0 spiro atoms. The van der Waals surface area contributed by atoms with E-state index in [2.05, 4.69) is 4.98 Å². The van der Waals surface area contributed by atoms with Crippen LogP contribution in [0, 0.1) is 5.92 Å². The number of thiazole rings is 1. The van der Waals surface area contributed by atoms with Gasteiger partial charge in [-0.1, -0.05) is 13.8 Å². The lowest BCUT2D eigenvalue weighted by atomic mass is 10.1. The molecular weight excluding hydrogens is 264 g/mol. The van der Waals surface area contributed by atoms with Crippen molar-refractivity contribution in [2.24, 2.45) is 11.1 Å². The fourth-order valence-electron chi connectivity index (χ4n) is 1.33. The summed E-state index contributed by atoms with van der Waals surface area (Å²) in [6.45, 7) is 3.87. The molecule has 0 radical (unpaired) electrons. The number of sulfonamides is 1. The lowest BCUT2D eigenvalue weighted by molar-refractivity contribution is 0.0700. The Balaban J connectivity index is 3.08. The van der Waals surface area contributed by atoms with E-state index in [1.807, 2.05) is 13.8 Å². The van der Waals surface area contributed by atoms with Gasteiger partial charge in [0.15, 0.2) is 0 Å². The van der Waals surface area contributed by atoms with Crippen LogP contribution >= 0.6 is 11.3 Å². The molecule has 96 valence electrons. The minimum absolute atomic E-state index is 0.0948. The topological polar surface area (TPSA) is 110 Å². The quantitative estimate of drug-likeness (QED) is 0.828. The second-order valence-electron chi connectivity index (χ2n) is 4.09. The van der Waals surface area contributed by atoms with Gasteiger partial charge in [0, 0.05) is 0 Å². The molecule has 1 heterocycles. The molecule has 1 aromatic rings. The number of carbonyl (C=O) groups is 1. The van der Waals surface area contributed by atoms with Crippen LogP contribution in [0.5, 0.6) is 0 Å². The maximum Gasteiger partial charge on any atom is 0.347 e. The Kier molecular flexibility index (Phi) is 4.23. The average molecular weight is 278 g/mol. The van der Waals surface area contributed by atoms with Gasteiger partial charge in [-0.05, 0) is 12.3 Å². The van der Waals surface area contributed by atoms with E-state index in [0.29, 0.717) is 12.1 Å². The van der Waals surface area contributed by atoms with Crippen molar-refractivity contribution in [3.05, 3.63) is 15.6 Å². The Morgan fingerprint density at radius 2 is 2.12 bits per heavy atom. The van der Waals surface area contributed by atoms with E-state index >= 15 is 0 Å². The number of nitrogens with two attached hydrogens (primary N) is 1. The first-order valence-corrected chi connectivity index (χ1v) is 7.44. The molecule has 1 aromatic heterocycles. The smallest absolute Gasteiger partial charge is 0.347 e. The number of carboxylic acids is 1. The number of primary sulfonamides is 1. The SMILES string of the molecule is CC(C)Cc1nc(CS(N)(=O)=O)sc1C(=O)O. The van der Waals surface area contributed by atoms with Gasteiger partial charge in [0.05, 0.1) is 5.69 Å². The van der Waals surface area contributed by atoms with Gasteiger partial charge in [0.25, 0.3) is 0 Å². The highest BCUT2D eigenvalue weighted by Gasteiger charge is 2.20. The monoisotopic (exact) mass is 278 g/mol. The summed E-state index contributed by atoms with van der Waals surface area (Å²) in [6.07, 6.45) is 0.503. The second-order valence-corrected chi connectivity index (χ2v) is 6.79. The van der Waals surface area contributed by atoms with Gasteiger partial charge in [-0.15, -0.1) is 11.3 Å². The van der Waals surface area contributed by atoms with Gasteiger partial charge in [0.2, 0.25) is 10.0 Å². The minimum atomic E-state index is -3.68. The van der Waals surface area contributed by atoms with Crippen LogP contribution in [0.4, 0.5) is 0 Å². The lowest BCUT2D eigenvalue weighted by Gasteiger charge is -2.01. The van der Waals surface area contributed by atoms with Gasteiger partial charge in [-0.2, -0.15) is 0 Å². The summed E-state index contributed by atoms with van der Waals surface area (Å²) in [4.78, 5) is 15.1. The van der Waals surface area contributed by atoms with Crippen molar-refractivity contribution < 1.29 is 18.3 Å². The van der Waals surface area contributed by atoms with Crippen molar-refractivity contribution in [3.8, 4) is 0 Å². The lowest BCUT2D eigenvalue weighted by Crippen LogP contribution is -2.14. The van der Waals surface area contributed by atoms with Gasteiger partial charge in [-0.25, -0.2) is 23.3 Å². The fourth-order valence-corrected chi connectivity index (χ4v) is 3.19. The largest absolute Gasteiger partial charge is 0.477 e. The predicted octanol–water partition coefficient (Wildman–Crippen LogP) is 0.828. The molecule has 3 N–H and O–H groups in total. The van der Waals surface area contributed by atoms with Gasteiger partial charge >= 0.3 is 5.97 Å². The molecular formula is C9H14N2O4S2. The Morgan fingerprint density at radius 3 is 2.53 bits per heavy atom. The first kappa shape index (κ1) is 14.1. The third-order valence-corrected chi connectivity index (χ3v) is 3.81. The number of aromatic carboxylic acids is 1. The van der Waals surface area contributed by atoms with Crippen molar-refractivity contribution in [2.75, 3.05) is 0 Å². The normalized spacial score (nSPS) is 12.0. The molecule has 0 bridgehead atoms. The molecule has 0 saturated carbocycles. The summed E-state index contributed by atoms with van der Waals surface area (Å²) in [7, 11) is -3.68. The zero-order valence-electron chi connectivity index (χ0n) is 9.50. The summed E-state index contributed by atoms with van der Waals surface area (Å²) in [5, 5.41) is 14.1. The number of nitrogens with zero attached hydrogens (tertiary/aromatic N) is 1. The molecule has 0 aromatic carbocycles. The molecule has 0 aliphatic carbocycles. The van der Waals surface area contributed by atoms with Crippen LogP contribution in [-0.4, -0.2) is 24.5 Å². The molecule has 0 aliphatic heterocycles. The van der Waals surface area contributed by atoms with Gasteiger partial charge in [0.1, 0.15) is 15.6 Å². The highest BCUT2D eigenvalue weighted by atomic mass is 32.2. The van der Waals surface area contributed by atoms with Crippen LogP contribution < -0.4 is 5.14 Å². The van der Waals surface area contributed by atoms with Crippen molar-refractivity contribution in [1.29, 1.82) is 0 Å². The van der Waals surface area contributed by atoms with Crippen LogP contribution in [0.25, 0.3) is 0 Å². The minimum Gasteiger partial charge on any atom is -0.477 e. The molecule has 0 fully saturated rings. The van der Waals surface area contributed by atoms with Crippen LogP contribution in [0.15, 0.2) is 0 Å². The molecule has 17 heavy (non-hydrogen) atoms. The van der Waals surface area contributed by atoms with Crippen molar-refractivity contribution in [3.63, 3.8) is 0 Å². The molecule has 0 atom stereocenters. The summed E-state index contributed by atoms with van der Waals surface area (Å²) < 4.78 is 21.8. The molecule has 0 amide bonds. The summed E-state index contributed by atoms with van der Waals surface area (Å²) in [6, 6.07) is 0. The van der Waals surface area contributed by atoms with E-state index in [9.17, 15) is 13.2 Å². The fraction of sp³-hybridized carbons (Fsp3) is 0.556. The van der Waals surface area contributed by atoms with E-state index < -0.39 is 21.7 Å². The van der Waals surface area contributed by atoms with Gasteiger partial charge < -0.3 is 5.11 Å².